The van der Waals surface area contributed by atoms with Crippen molar-refractivity contribution in [1.82, 2.24) is 9.78 Å². The van der Waals surface area contributed by atoms with Crippen LogP contribution in [-0.2, 0) is 13.5 Å². The van der Waals surface area contributed by atoms with E-state index in [0.717, 1.165) is 32.5 Å². The summed E-state index contributed by atoms with van der Waals surface area (Å²) in [5.41, 5.74) is 2.65. The van der Waals surface area contributed by atoms with Crippen LogP contribution in [-0.4, -0.2) is 15.6 Å². The monoisotopic (exact) mass is 252 g/mol. The van der Waals surface area contributed by atoms with Gasteiger partial charge in [0.05, 0.1) is 9.21 Å². The minimum atomic E-state index is 0.193. The lowest BCUT2D eigenvalue weighted by Crippen LogP contribution is -1.93. The van der Waals surface area contributed by atoms with E-state index in [2.05, 4.69) is 5.10 Å². The minimum Gasteiger partial charge on any atom is -0.294 e. The molecule has 3 nitrogen and oxygen atoms in total. The van der Waals surface area contributed by atoms with Gasteiger partial charge >= 0.3 is 0 Å². The van der Waals surface area contributed by atoms with Crippen LogP contribution in [0.4, 0.5) is 0 Å². The Bertz CT molecular complexity index is 585. The molecule has 0 radical (unpaired) electrons. The van der Waals surface area contributed by atoms with Crippen LogP contribution in [0.1, 0.15) is 22.3 Å². The van der Waals surface area contributed by atoms with Crippen LogP contribution in [0.5, 0.6) is 0 Å². The van der Waals surface area contributed by atoms with Gasteiger partial charge in [-0.25, -0.2) is 0 Å². The fourth-order valence-corrected chi connectivity index (χ4v) is 3.52. The van der Waals surface area contributed by atoms with Crippen molar-refractivity contribution in [2.45, 2.75) is 12.8 Å². The number of halogens is 1. The molecule has 1 aliphatic rings. The second-order valence-electron chi connectivity index (χ2n) is 3.86. The zero-order chi connectivity index (χ0) is 11.3. The third-order valence-corrected chi connectivity index (χ3v) is 4.29. The molecule has 82 valence electrons. The first-order valence-corrected chi connectivity index (χ1v) is 6.20. The van der Waals surface area contributed by atoms with E-state index in [4.69, 9.17) is 11.6 Å². The molecular weight excluding hydrogens is 244 g/mol. The quantitative estimate of drug-likeness (QED) is 0.782. The van der Waals surface area contributed by atoms with E-state index in [0.29, 0.717) is 6.42 Å². The summed E-state index contributed by atoms with van der Waals surface area (Å²) in [6, 6.07) is 1.91. The Morgan fingerprint density at radius 1 is 1.50 bits per heavy atom. The van der Waals surface area contributed by atoms with Crippen molar-refractivity contribution in [1.29, 1.82) is 0 Å². The summed E-state index contributed by atoms with van der Waals surface area (Å²) in [5.74, 6) is 0.193. The standard InChI is InChI=1S/C11H9ClN2OS/c1-14-5-4-7(13-14)10-9-6(11(12)16-10)2-3-8(9)15/h4-5H,2-3H2,1H3. The fourth-order valence-electron chi connectivity index (χ4n) is 2.04. The molecule has 0 saturated carbocycles. The zero-order valence-electron chi connectivity index (χ0n) is 8.66. The van der Waals surface area contributed by atoms with Crippen molar-refractivity contribution in [3.8, 4) is 10.6 Å². The molecule has 16 heavy (non-hydrogen) atoms. The average molecular weight is 253 g/mol. The molecule has 0 amide bonds. The molecule has 0 aliphatic heterocycles. The summed E-state index contributed by atoms with van der Waals surface area (Å²) in [5, 5.41) is 4.32. The number of fused-ring (bicyclic) bond motifs is 1. The molecule has 0 atom stereocenters. The van der Waals surface area contributed by atoms with Crippen LogP contribution >= 0.6 is 22.9 Å². The molecule has 0 bridgehead atoms. The Morgan fingerprint density at radius 2 is 2.31 bits per heavy atom. The Balaban J connectivity index is 2.22. The van der Waals surface area contributed by atoms with Crippen molar-refractivity contribution < 1.29 is 4.79 Å². The van der Waals surface area contributed by atoms with Crippen LogP contribution < -0.4 is 0 Å². The number of Topliss-reactive ketones (excluding diaryl/α,β-unsaturated/α-hetero) is 1. The van der Waals surface area contributed by atoms with Crippen LogP contribution in [0.2, 0.25) is 4.34 Å². The first-order chi connectivity index (χ1) is 7.66. The molecule has 0 N–H and O–H groups in total. The van der Waals surface area contributed by atoms with Crippen molar-refractivity contribution in [3.63, 3.8) is 0 Å². The number of aromatic nitrogens is 2. The summed E-state index contributed by atoms with van der Waals surface area (Å²) in [4.78, 5) is 12.7. The SMILES string of the molecule is Cn1ccc(-c2sc(Cl)c3c2C(=O)CC3)n1. The van der Waals surface area contributed by atoms with Gasteiger partial charge in [-0.1, -0.05) is 11.6 Å². The highest BCUT2D eigenvalue weighted by molar-refractivity contribution is 7.20. The fraction of sp³-hybridized carbons (Fsp3) is 0.273. The summed E-state index contributed by atoms with van der Waals surface area (Å²) < 4.78 is 2.47. The maximum Gasteiger partial charge on any atom is 0.165 e. The van der Waals surface area contributed by atoms with Gasteiger partial charge in [-0.05, 0) is 18.1 Å². The molecule has 3 rings (SSSR count). The maximum absolute atomic E-state index is 11.8. The van der Waals surface area contributed by atoms with Crippen LogP contribution in [0.15, 0.2) is 12.3 Å². The van der Waals surface area contributed by atoms with E-state index in [1.165, 1.54) is 11.3 Å². The molecule has 0 fully saturated rings. The van der Waals surface area contributed by atoms with Gasteiger partial charge in [0.2, 0.25) is 0 Å². The molecule has 0 saturated heterocycles. The normalized spacial score (nSPS) is 14.5. The molecule has 0 spiro atoms. The van der Waals surface area contributed by atoms with Gasteiger partial charge in [-0.15, -0.1) is 11.3 Å². The zero-order valence-corrected chi connectivity index (χ0v) is 10.2. The molecule has 0 unspecified atom stereocenters. The lowest BCUT2D eigenvalue weighted by atomic mass is 10.1. The molecule has 2 heterocycles. The number of aryl methyl sites for hydroxylation is 1. The van der Waals surface area contributed by atoms with E-state index in [9.17, 15) is 4.79 Å². The molecule has 2 aromatic heterocycles. The molecule has 2 aromatic rings. The number of rotatable bonds is 1. The van der Waals surface area contributed by atoms with Crippen molar-refractivity contribution in [2.24, 2.45) is 7.05 Å². The van der Waals surface area contributed by atoms with Crippen LogP contribution in [0.3, 0.4) is 0 Å². The number of nitrogens with zero attached hydrogens (tertiary/aromatic N) is 2. The summed E-state index contributed by atoms with van der Waals surface area (Å²) in [6.07, 6.45) is 3.23. The van der Waals surface area contributed by atoms with E-state index in [-0.39, 0.29) is 5.78 Å². The third kappa shape index (κ3) is 1.33. The number of ketones is 1. The average Bonchev–Trinajstić information content (AvgIpc) is 2.88. The molecular formula is C11H9ClN2OS. The molecule has 0 aromatic carbocycles. The van der Waals surface area contributed by atoms with Crippen molar-refractivity contribution in [3.05, 3.63) is 27.7 Å². The van der Waals surface area contributed by atoms with E-state index in [1.54, 1.807) is 4.68 Å². The Labute approximate surface area is 102 Å². The summed E-state index contributed by atoms with van der Waals surface area (Å²) >= 11 is 7.60. The van der Waals surface area contributed by atoms with Gasteiger partial charge in [0, 0.05) is 25.2 Å². The number of carbonyl (C=O) groups is 1. The first-order valence-electron chi connectivity index (χ1n) is 5.01. The maximum atomic E-state index is 11.8. The molecule has 5 heteroatoms. The van der Waals surface area contributed by atoms with Crippen molar-refractivity contribution in [2.75, 3.05) is 0 Å². The number of carbonyl (C=O) groups excluding carboxylic acids is 1. The lowest BCUT2D eigenvalue weighted by molar-refractivity contribution is 0.0995. The Kier molecular flexibility index (Phi) is 2.16. The van der Waals surface area contributed by atoms with Gasteiger partial charge < -0.3 is 0 Å². The number of hydrogen-bond donors (Lipinski definition) is 0. The van der Waals surface area contributed by atoms with Gasteiger partial charge in [-0.2, -0.15) is 5.10 Å². The smallest absolute Gasteiger partial charge is 0.165 e. The number of hydrogen-bond acceptors (Lipinski definition) is 3. The first kappa shape index (κ1) is 10.1. The lowest BCUT2D eigenvalue weighted by Gasteiger charge is -1.94. The van der Waals surface area contributed by atoms with E-state index in [1.807, 2.05) is 19.3 Å². The second-order valence-corrected chi connectivity index (χ2v) is 5.48. The predicted molar refractivity (Wildman–Crippen MR) is 64.2 cm³/mol. The number of thiophene rings is 1. The molecule has 1 aliphatic carbocycles. The van der Waals surface area contributed by atoms with Gasteiger partial charge in [0.25, 0.3) is 0 Å². The van der Waals surface area contributed by atoms with Crippen molar-refractivity contribution >= 4 is 28.7 Å². The minimum absolute atomic E-state index is 0.193. The highest BCUT2D eigenvalue weighted by Gasteiger charge is 2.29. The highest BCUT2D eigenvalue weighted by Crippen LogP contribution is 2.43. The highest BCUT2D eigenvalue weighted by atomic mass is 35.5. The van der Waals surface area contributed by atoms with Gasteiger partial charge in [0.1, 0.15) is 5.69 Å². The third-order valence-electron chi connectivity index (χ3n) is 2.78. The van der Waals surface area contributed by atoms with E-state index >= 15 is 0 Å². The Morgan fingerprint density at radius 3 is 3.00 bits per heavy atom. The van der Waals surface area contributed by atoms with Gasteiger partial charge in [-0.3, -0.25) is 9.48 Å². The van der Waals surface area contributed by atoms with Crippen LogP contribution in [0, 0.1) is 0 Å². The van der Waals surface area contributed by atoms with Crippen LogP contribution in [0.25, 0.3) is 10.6 Å². The van der Waals surface area contributed by atoms with E-state index < -0.39 is 0 Å². The van der Waals surface area contributed by atoms with Gasteiger partial charge in [0.15, 0.2) is 5.78 Å². The Hall–Kier alpha value is -1.13. The predicted octanol–water partition coefficient (Wildman–Crippen LogP) is 2.93. The summed E-state index contributed by atoms with van der Waals surface area (Å²) in [6.45, 7) is 0. The topological polar surface area (TPSA) is 34.9 Å². The summed E-state index contributed by atoms with van der Waals surface area (Å²) in [7, 11) is 1.86. The largest absolute Gasteiger partial charge is 0.294 e. The second kappa shape index (κ2) is 3.43.